The predicted octanol–water partition coefficient (Wildman–Crippen LogP) is 2.87. The van der Waals surface area contributed by atoms with Crippen molar-refractivity contribution >= 4 is 0 Å². The molecule has 1 aromatic rings. The highest BCUT2D eigenvalue weighted by Gasteiger charge is 2.31. The number of ether oxygens (including phenoxy) is 1. The highest BCUT2D eigenvalue weighted by Crippen LogP contribution is 2.23. The van der Waals surface area contributed by atoms with Crippen LogP contribution in [-0.2, 0) is 11.3 Å². The second-order valence-electron chi connectivity index (χ2n) is 6.11. The average molecular weight is 258 g/mol. The van der Waals surface area contributed by atoms with Gasteiger partial charge in [-0.15, -0.1) is 0 Å². The summed E-state index contributed by atoms with van der Waals surface area (Å²) in [7, 11) is 0. The molecule has 1 aliphatic heterocycles. The Kier molecular flexibility index (Phi) is 3.93. The number of nitriles is 1. The van der Waals surface area contributed by atoms with Crippen LogP contribution in [0.25, 0.3) is 0 Å². The van der Waals surface area contributed by atoms with E-state index in [1.165, 1.54) is 11.1 Å². The van der Waals surface area contributed by atoms with Crippen LogP contribution < -0.4 is 0 Å². The van der Waals surface area contributed by atoms with Gasteiger partial charge in [-0.2, -0.15) is 5.26 Å². The lowest BCUT2D eigenvalue weighted by Crippen LogP contribution is -2.51. The first-order valence-corrected chi connectivity index (χ1v) is 6.79. The molecule has 102 valence electrons. The molecule has 19 heavy (non-hydrogen) atoms. The van der Waals surface area contributed by atoms with Gasteiger partial charge in [0.1, 0.15) is 0 Å². The van der Waals surface area contributed by atoms with Crippen molar-refractivity contribution in [3.05, 3.63) is 34.9 Å². The predicted molar refractivity (Wildman–Crippen MR) is 75.8 cm³/mol. The van der Waals surface area contributed by atoms with Gasteiger partial charge >= 0.3 is 0 Å². The minimum Gasteiger partial charge on any atom is -0.370 e. The third-order valence-electron chi connectivity index (χ3n) is 3.51. The molecule has 3 heteroatoms. The van der Waals surface area contributed by atoms with Crippen LogP contribution in [0.5, 0.6) is 0 Å². The van der Waals surface area contributed by atoms with E-state index in [4.69, 9.17) is 10.00 Å². The first-order valence-electron chi connectivity index (χ1n) is 6.79. The highest BCUT2D eigenvalue weighted by molar-refractivity contribution is 5.37. The monoisotopic (exact) mass is 258 g/mol. The maximum absolute atomic E-state index is 8.90. The summed E-state index contributed by atoms with van der Waals surface area (Å²) < 4.78 is 5.92. The number of rotatable bonds is 2. The van der Waals surface area contributed by atoms with Crippen LogP contribution in [0.4, 0.5) is 0 Å². The Morgan fingerprint density at radius 2 is 2.21 bits per heavy atom. The van der Waals surface area contributed by atoms with Gasteiger partial charge in [-0.3, -0.25) is 4.90 Å². The standard InChI is InChI=1S/C16H22N2O/c1-12-7-14(8-17)5-6-15(12)10-18-9-13(2)19-16(3,4)11-18/h5-7,13H,9-11H2,1-4H3. The topological polar surface area (TPSA) is 36.3 Å². The lowest BCUT2D eigenvalue weighted by molar-refractivity contribution is -0.130. The molecule has 1 heterocycles. The summed E-state index contributed by atoms with van der Waals surface area (Å²) in [5.74, 6) is 0. The zero-order chi connectivity index (χ0) is 14.0. The number of benzene rings is 1. The second kappa shape index (κ2) is 5.32. The van der Waals surface area contributed by atoms with Gasteiger partial charge < -0.3 is 4.74 Å². The van der Waals surface area contributed by atoms with Crippen molar-refractivity contribution in [3.63, 3.8) is 0 Å². The minimum absolute atomic E-state index is 0.0852. The molecule has 0 N–H and O–H groups in total. The molecular formula is C16H22N2O. The molecule has 0 saturated carbocycles. The quantitative estimate of drug-likeness (QED) is 0.818. The van der Waals surface area contributed by atoms with Gasteiger partial charge in [0.05, 0.1) is 23.3 Å². The third kappa shape index (κ3) is 3.56. The zero-order valence-electron chi connectivity index (χ0n) is 12.2. The van der Waals surface area contributed by atoms with E-state index in [9.17, 15) is 0 Å². The normalized spacial score (nSPS) is 23.0. The third-order valence-corrected chi connectivity index (χ3v) is 3.51. The van der Waals surface area contributed by atoms with Crippen molar-refractivity contribution in [1.82, 2.24) is 4.90 Å². The van der Waals surface area contributed by atoms with E-state index in [0.717, 1.165) is 25.2 Å². The number of morpholine rings is 1. The lowest BCUT2D eigenvalue weighted by Gasteiger charge is -2.42. The van der Waals surface area contributed by atoms with Crippen LogP contribution >= 0.6 is 0 Å². The molecular weight excluding hydrogens is 236 g/mol. The van der Waals surface area contributed by atoms with Gasteiger partial charge in [0.15, 0.2) is 0 Å². The zero-order valence-corrected chi connectivity index (χ0v) is 12.2. The summed E-state index contributed by atoms with van der Waals surface area (Å²) in [6.45, 7) is 11.3. The van der Waals surface area contributed by atoms with E-state index >= 15 is 0 Å². The van der Waals surface area contributed by atoms with E-state index in [1.807, 2.05) is 12.1 Å². The smallest absolute Gasteiger partial charge is 0.0991 e. The number of aryl methyl sites for hydroxylation is 1. The Hall–Kier alpha value is -1.37. The van der Waals surface area contributed by atoms with Crippen LogP contribution in [0.15, 0.2) is 18.2 Å². The van der Waals surface area contributed by atoms with Crippen LogP contribution in [0, 0.1) is 18.3 Å². The van der Waals surface area contributed by atoms with Crippen molar-refractivity contribution < 1.29 is 4.74 Å². The summed E-state index contributed by atoms with van der Waals surface area (Å²) in [6, 6.07) is 8.12. The Labute approximate surface area is 115 Å². The van der Waals surface area contributed by atoms with Crippen molar-refractivity contribution in [3.8, 4) is 6.07 Å². The summed E-state index contributed by atoms with van der Waals surface area (Å²) >= 11 is 0. The molecule has 3 nitrogen and oxygen atoms in total. The van der Waals surface area contributed by atoms with Crippen molar-refractivity contribution in [2.45, 2.75) is 45.9 Å². The fourth-order valence-electron chi connectivity index (χ4n) is 2.89. The summed E-state index contributed by atoms with van der Waals surface area (Å²) in [5, 5.41) is 8.90. The SMILES string of the molecule is Cc1cc(C#N)ccc1CN1CC(C)OC(C)(C)C1. The molecule has 0 aliphatic carbocycles. The van der Waals surface area contributed by atoms with Crippen molar-refractivity contribution in [1.29, 1.82) is 5.26 Å². The summed E-state index contributed by atoms with van der Waals surface area (Å²) in [4.78, 5) is 2.43. The fourth-order valence-corrected chi connectivity index (χ4v) is 2.89. The summed E-state index contributed by atoms with van der Waals surface area (Å²) in [5.41, 5.74) is 3.13. The van der Waals surface area contributed by atoms with E-state index in [0.29, 0.717) is 0 Å². The molecule has 1 atom stereocenters. The number of hydrogen-bond donors (Lipinski definition) is 0. The molecule has 1 aliphatic rings. The maximum Gasteiger partial charge on any atom is 0.0991 e. The summed E-state index contributed by atoms with van der Waals surface area (Å²) in [6.07, 6.45) is 0.266. The fraction of sp³-hybridized carbons (Fsp3) is 0.562. The van der Waals surface area contributed by atoms with Crippen LogP contribution in [0.1, 0.15) is 37.5 Å². The van der Waals surface area contributed by atoms with E-state index < -0.39 is 0 Å². The molecule has 1 fully saturated rings. The Morgan fingerprint density at radius 1 is 1.47 bits per heavy atom. The number of hydrogen-bond acceptors (Lipinski definition) is 3. The second-order valence-corrected chi connectivity index (χ2v) is 6.11. The molecule has 0 radical (unpaired) electrons. The maximum atomic E-state index is 8.90. The molecule has 1 aromatic carbocycles. The first-order chi connectivity index (χ1) is 8.89. The van der Waals surface area contributed by atoms with E-state index in [2.05, 4.69) is 44.7 Å². The van der Waals surface area contributed by atoms with Crippen LogP contribution in [0.2, 0.25) is 0 Å². The molecule has 0 aromatic heterocycles. The average Bonchev–Trinajstić information content (AvgIpc) is 2.29. The molecule has 0 bridgehead atoms. The van der Waals surface area contributed by atoms with Gasteiger partial charge in [0.25, 0.3) is 0 Å². The molecule has 1 saturated heterocycles. The van der Waals surface area contributed by atoms with E-state index in [-0.39, 0.29) is 11.7 Å². The molecule has 0 amide bonds. The Morgan fingerprint density at radius 3 is 2.79 bits per heavy atom. The van der Waals surface area contributed by atoms with Crippen molar-refractivity contribution in [2.75, 3.05) is 13.1 Å². The molecule has 0 spiro atoms. The largest absolute Gasteiger partial charge is 0.370 e. The Bertz CT molecular complexity index is 502. The highest BCUT2D eigenvalue weighted by atomic mass is 16.5. The first kappa shape index (κ1) is 14.0. The van der Waals surface area contributed by atoms with Gasteiger partial charge in [-0.25, -0.2) is 0 Å². The van der Waals surface area contributed by atoms with Gasteiger partial charge in [-0.05, 0) is 51.0 Å². The lowest BCUT2D eigenvalue weighted by atomic mass is 10.0. The van der Waals surface area contributed by atoms with Crippen molar-refractivity contribution in [2.24, 2.45) is 0 Å². The van der Waals surface area contributed by atoms with Gasteiger partial charge in [-0.1, -0.05) is 6.07 Å². The molecule has 2 rings (SSSR count). The molecule has 1 unspecified atom stereocenters. The number of nitrogens with zero attached hydrogens (tertiary/aromatic N) is 2. The van der Waals surface area contributed by atoms with Gasteiger partial charge in [0, 0.05) is 19.6 Å². The van der Waals surface area contributed by atoms with Gasteiger partial charge in [0.2, 0.25) is 0 Å². The van der Waals surface area contributed by atoms with E-state index in [1.54, 1.807) is 0 Å². The minimum atomic E-state index is -0.0852. The van der Waals surface area contributed by atoms with Crippen LogP contribution in [-0.4, -0.2) is 29.7 Å². The Balaban J connectivity index is 2.11. The van der Waals surface area contributed by atoms with Crippen LogP contribution in [0.3, 0.4) is 0 Å².